The first kappa shape index (κ1) is 17.9. The third-order valence-electron chi connectivity index (χ3n) is 3.78. The number of hydrogen-bond acceptors (Lipinski definition) is 2. The lowest BCUT2D eigenvalue weighted by Crippen LogP contribution is -2.34. The smallest absolute Gasteiger partial charge is 0.00792 e. The molecule has 0 aromatic rings. The molecule has 0 bridgehead atoms. The van der Waals surface area contributed by atoms with Crippen LogP contribution < -0.4 is 5.32 Å². The largest absolute Gasteiger partial charge is 0.314 e. The molecule has 18 heavy (non-hydrogen) atoms. The Kier molecular flexibility index (Phi) is 13.3. The third-order valence-corrected chi connectivity index (χ3v) is 3.78. The van der Waals surface area contributed by atoms with Crippen LogP contribution in [0.3, 0.4) is 0 Å². The van der Waals surface area contributed by atoms with Gasteiger partial charge in [-0.05, 0) is 45.4 Å². The number of nitrogens with zero attached hydrogens (tertiary/aromatic N) is 1. The van der Waals surface area contributed by atoms with Gasteiger partial charge in [-0.1, -0.05) is 53.4 Å². The van der Waals surface area contributed by atoms with Crippen molar-refractivity contribution in [2.75, 3.05) is 26.2 Å². The number of hydrogen-bond donors (Lipinski definition) is 1. The van der Waals surface area contributed by atoms with Gasteiger partial charge in [0.05, 0.1) is 0 Å². The van der Waals surface area contributed by atoms with E-state index in [0.29, 0.717) is 0 Å². The molecule has 0 heterocycles. The van der Waals surface area contributed by atoms with Crippen LogP contribution in [0.1, 0.15) is 72.6 Å². The Morgan fingerprint density at radius 2 is 1.56 bits per heavy atom. The quantitative estimate of drug-likeness (QED) is 0.500. The van der Waals surface area contributed by atoms with Crippen LogP contribution in [-0.4, -0.2) is 37.1 Å². The summed E-state index contributed by atoms with van der Waals surface area (Å²) in [4.78, 5) is 2.53. The van der Waals surface area contributed by atoms with Gasteiger partial charge in [0, 0.05) is 6.04 Å². The van der Waals surface area contributed by atoms with Crippen molar-refractivity contribution in [3.05, 3.63) is 0 Å². The Balaban J connectivity index is 3.82. The third kappa shape index (κ3) is 9.90. The molecule has 0 fully saturated rings. The minimum Gasteiger partial charge on any atom is -0.314 e. The fourth-order valence-electron chi connectivity index (χ4n) is 2.39. The van der Waals surface area contributed by atoms with E-state index in [-0.39, 0.29) is 0 Å². The molecule has 0 aromatic heterocycles. The van der Waals surface area contributed by atoms with Crippen LogP contribution in [0.2, 0.25) is 0 Å². The van der Waals surface area contributed by atoms with Crippen LogP contribution in [0.5, 0.6) is 0 Å². The molecule has 2 nitrogen and oxygen atoms in total. The molecule has 1 unspecified atom stereocenters. The first-order chi connectivity index (χ1) is 8.78. The predicted molar refractivity (Wildman–Crippen MR) is 83.2 cm³/mol. The molecule has 2 heteroatoms. The Morgan fingerprint density at radius 1 is 0.833 bits per heavy atom. The SMILES string of the molecule is CCCCCCC(CCN(CC)CC)NCCC. The highest BCUT2D eigenvalue weighted by molar-refractivity contribution is 4.69. The van der Waals surface area contributed by atoms with Crippen molar-refractivity contribution in [2.45, 2.75) is 78.7 Å². The second-order valence-electron chi connectivity index (χ2n) is 5.32. The van der Waals surface area contributed by atoms with E-state index in [4.69, 9.17) is 0 Å². The zero-order valence-corrected chi connectivity index (χ0v) is 13.3. The van der Waals surface area contributed by atoms with Crippen LogP contribution in [-0.2, 0) is 0 Å². The van der Waals surface area contributed by atoms with Gasteiger partial charge in [0.15, 0.2) is 0 Å². The van der Waals surface area contributed by atoms with Gasteiger partial charge < -0.3 is 10.2 Å². The minimum atomic E-state index is 0.738. The van der Waals surface area contributed by atoms with E-state index >= 15 is 0 Å². The Bertz CT molecular complexity index is 155. The van der Waals surface area contributed by atoms with E-state index in [9.17, 15) is 0 Å². The predicted octanol–water partition coefficient (Wildman–Crippen LogP) is 4.06. The zero-order chi connectivity index (χ0) is 13.6. The molecule has 0 aliphatic rings. The van der Waals surface area contributed by atoms with Gasteiger partial charge in [0.2, 0.25) is 0 Å². The molecule has 1 N–H and O–H groups in total. The minimum absolute atomic E-state index is 0.738. The Hall–Kier alpha value is -0.0800. The molecule has 0 aromatic carbocycles. The van der Waals surface area contributed by atoms with E-state index in [1.807, 2.05) is 0 Å². The number of rotatable bonds is 13. The van der Waals surface area contributed by atoms with Gasteiger partial charge in [0.1, 0.15) is 0 Å². The van der Waals surface area contributed by atoms with Crippen LogP contribution in [0.4, 0.5) is 0 Å². The average molecular weight is 256 g/mol. The fraction of sp³-hybridized carbons (Fsp3) is 1.00. The van der Waals surface area contributed by atoms with E-state index < -0.39 is 0 Å². The molecule has 0 radical (unpaired) electrons. The van der Waals surface area contributed by atoms with Gasteiger partial charge in [-0.25, -0.2) is 0 Å². The summed E-state index contributed by atoms with van der Waals surface area (Å²) < 4.78 is 0. The van der Waals surface area contributed by atoms with Crippen LogP contribution in [0, 0.1) is 0 Å². The molecule has 0 amide bonds. The van der Waals surface area contributed by atoms with E-state index in [2.05, 4.69) is 37.9 Å². The van der Waals surface area contributed by atoms with Gasteiger partial charge in [-0.15, -0.1) is 0 Å². The maximum absolute atomic E-state index is 3.72. The zero-order valence-electron chi connectivity index (χ0n) is 13.3. The molecule has 0 spiro atoms. The molecule has 0 aliphatic carbocycles. The van der Waals surface area contributed by atoms with Gasteiger partial charge in [0.25, 0.3) is 0 Å². The van der Waals surface area contributed by atoms with Crippen molar-refractivity contribution in [1.82, 2.24) is 10.2 Å². The summed E-state index contributed by atoms with van der Waals surface area (Å²) in [5.74, 6) is 0. The fourth-order valence-corrected chi connectivity index (χ4v) is 2.39. The summed E-state index contributed by atoms with van der Waals surface area (Å²) >= 11 is 0. The Morgan fingerprint density at radius 3 is 2.11 bits per heavy atom. The molecule has 0 saturated carbocycles. The van der Waals surface area contributed by atoms with Crippen molar-refractivity contribution in [3.63, 3.8) is 0 Å². The van der Waals surface area contributed by atoms with Gasteiger partial charge in [-0.2, -0.15) is 0 Å². The molecule has 110 valence electrons. The standard InChI is InChI=1S/C16H36N2/c1-5-9-10-11-12-16(17-14-6-2)13-15-18(7-3)8-4/h16-17H,5-15H2,1-4H3. The number of nitrogens with one attached hydrogen (secondary N) is 1. The molecule has 1 atom stereocenters. The number of unbranched alkanes of at least 4 members (excludes halogenated alkanes) is 3. The lowest BCUT2D eigenvalue weighted by molar-refractivity contribution is 0.275. The topological polar surface area (TPSA) is 15.3 Å². The highest BCUT2D eigenvalue weighted by atomic mass is 15.1. The van der Waals surface area contributed by atoms with Gasteiger partial charge in [-0.3, -0.25) is 0 Å². The summed E-state index contributed by atoms with van der Waals surface area (Å²) in [6.45, 7) is 13.9. The second-order valence-corrected chi connectivity index (χ2v) is 5.32. The summed E-state index contributed by atoms with van der Waals surface area (Å²) in [5, 5.41) is 3.72. The van der Waals surface area contributed by atoms with Crippen molar-refractivity contribution in [1.29, 1.82) is 0 Å². The molecular weight excluding hydrogens is 220 g/mol. The molecule has 0 aliphatic heterocycles. The van der Waals surface area contributed by atoms with Crippen LogP contribution in [0.25, 0.3) is 0 Å². The first-order valence-electron chi connectivity index (χ1n) is 8.24. The van der Waals surface area contributed by atoms with Crippen LogP contribution in [0.15, 0.2) is 0 Å². The lowest BCUT2D eigenvalue weighted by Gasteiger charge is -2.23. The highest BCUT2D eigenvalue weighted by Crippen LogP contribution is 2.09. The van der Waals surface area contributed by atoms with Crippen molar-refractivity contribution in [3.8, 4) is 0 Å². The molecule has 0 rings (SSSR count). The average Bonchev–Trinajstić information content (AvgIpc) is 2.40. The van der Waals surface area contributed by atoms with Crippen molar-refractivity contribution >= 4 is 0 Å². The molecular formula is C16H36N2. The molecule has 0 saturated heterocycles. The Labute approximate surface area is 116 Å². The maximum atomic E-state index is 3.72. The van der Waals surface area contributed by atoms with E-state index in [1.54, 1.807) is 0 Å². The lowest BCUT2D eigenvalue weighted by atomic mass is 10.0. The van der Waals surface area contributed by atoms with E-state index in [0.717, 1.165) is 6.04 Å². The van der Waals surface area contributed by atoms with Crippen molar-refractivity contribution < 1.29 is 0 Å². The van der Waals surface area contributed by atoms with Gasteiger partial charge >= 0.3 is 0 Å². The monoisotopic (exact) mass is 256 g/mol. The highest BCUT2D eigenvalue weighted by Gasteiger charge is 2.09. The van der Waals surface area contributed by atoms with E-state index in [1.165, 1.54) is 71.1 Å². The summed E-state index contributed by atoms with van der Waals surface area (Å²) in [5.41, 5.74) is 0. The summed E-state index contributed by atoms with van der Waals surface area (Å²) in [6, 6.07) is 0.738. The summed E-state index contributed by atoms with van der Waals surface area (Å²) in [6.07, 6.45) is 9.47. The first-order valence-corrected chi connectivity index (χ1v) is 8.24. The normalized spacial score (nSPS) is 13.2. The van der Waals surface area contributed by atoms with Crippen molar-refractivity contribution in [2.24, 2.45) is 0 Å². The van der Waals surface area contributed by atoms with Crippen LogP contribution >= 0.6 is 0 Å². The second kappa shape index (κ2) is 13.4. The summed E-state index contributed by atoms with van der Waals surface area (Å²) in [7, 11) is 0. The maximum Gasteiger partial charge on any atom is 0.00792 e.